The van der Waals surface area contributed by atoms with Crippen LogP contribution in [0.3, 0.4) is 0 Å². The molecule has 1 aromatic carbocycles. The minimum atomic E-state index is 0.0725. The molecule has 0 aliphatic carbocycles. The number of rotatable bonds is 6. The lowest BCUT2D eigenvalue weighted by molar-refractivity contribution is 0.0913. The molecule has 0 spiro atoms. The predicted molar refractivity (Wildman–Crippen MR) is 85.7 cm³/mol. The van der Waals surface area contributed by atoms with Crippen molar-refractivity contribution in [3.63, 3.8) is 0 Å². The van der Waals surface area contributed by atoms with E-state index in [9.17, 15) is 0 Å². The van der Waals surface area contributed by atoms with Gasteiger partial charge in [-0.25, -0.2) is 4.68 Å². The van der Waals surface area contributed by atoms with Crippen LogP contribution in [0.15, 0.2) is 22.7 Å². The highest BCUT2D eigenvalue weighted by Crippen LogP contribution is 2.33. The van der Waals surface area contributed by atoms with Gasteiger partial charge >= 0.3 is 0 Å². The molecule has 0 saturated carbocycles. The van der Waals surface area contributed by atoms with Crippen molar-refractivity contribution in [2.24, 2.45) is 5.92 Å². The summed E-state index contributed by atoms with van der Waals surface area (Å²) in [6.07, 6.45) is 0. The third kappa shape index (κ3) is 3.41. The van der Waals surface area contributed by atoms with Crippen LogP contribution in [0.2, 0.25) is 0 Å². The number of ether oxygens (including phenoxy) is 1. The second kappa shape index (κ2) is 7.00. The fraction of sp³-hybridized carbons (Fsp3) is 0.500. The first-order chi connectivity index (χ1) is 10.1. The molecule has 1 heterocycles. The molecule has 0 aliphatic rings. The van der Waals surface area contributed by atoms with Crippen LogP contribution in [0, 0.1) is 5.92 Å². The molecule has 6 nitrogen and oxygen atoms in total. The second-order valence-electron chi connectivity index (χ2n) is 5.13. The third-order valence-electron chi connectivity index (χ3n) is 3.34. The Morgan fingerprint density at radius 1 is 1.38 bits per heavy atom. The van der Waals surface area contributed by atoms with Gasteiger partial charge in [0.2, 0.25) is 0 Å². The number of nitrogens with zero attached hydrogens (tertiary/aromatic N) is 4. The van der Waals surface area contributed by atoms with Crippen LogP contribution in [0.5, 0.6) is 0 Å². The smallest absolute Gasteiger partial charge is 0.183 e. The lowest BCUT2D eigenvalue weighted by Crippen LogP contribution is -2.23. The monoisotopic (exact) mass is 353 g/mol. The summed E-state index contributed by atoms with van der Waals surface area (Å²) in [4.78, 5) is 0. The zero-order valence-corrected chi connectivity index (χ0v) is 14.0. The van der Waals surface area contributed by atoms with Crippen molar-refractivity contribution in [1.82, 2.24) is 20.2 Å². The molecular weight excluding hydrogens is 334 g/mol. The molecule has 0 amide bonds. The molecular formula is C14H20BrN5O. The van der Waals surface area contributed by atoms with Gasteiger partial charge in [-0.05, 0) is 51.3 Å². The molecule has 1 aromatic heterocycles. The first kappa shape index (κ1) is 15.9. The molecule has 0 radical (unpaired) electrons. The number of aromatic nitrogens is 4. The van der Waals surface area contributed by atoms with Crippen molar-refractivity contribution in [2.45, 2.75) is 26.8 Å². The van der Waals surface area contributed by atoms with Gasteiger partial charge in [0, 0.05) is 17.9 Å². The van der Waals surface area contributed by atoms with Crippen LogP contribution >= 0.6 is 15.9 Å². The van der Waals surface area contributed by atoms with Gasteiger partial charge < -0.3 is 10.5 Å². The van der Waals surface area contributed by atoms with E-state index in [0.29, 0.717) is 30.6 Å². The average molecular weight is 354 g/mol. The van der Waals surface area contributed by atoms with Gasteiger partial charge in [0.15, 0.2) is 5.82 Å². The van der Waals surface area contributed by atoms with Crippen molar-refractivity contribution in [1.29, 1.82) is 0 Å². The number of hydrogen-bond acceptors (Lipinski definition) is 5. The summed E-state index contributed by atoms with van der Waals surface area (Å²) in [5, 5.41) is 12.1. The van der Waals surface area contributed by atoms with E-state index in [-0.39, 0.29) is 6.04 Å². The Morgan fingerprint density at radius 3 is 2.81 bits per heavy atom. The molecule has 2 rings (SSSR count). The summed E-state index contributed by atoms with van der Waals surface area (Å²) in [6.45, 7) is 7.48. The predicted octanol–water partition coefficient (Wildman–Crippen LogP) is 2.92. The lowest BCUT2D eigenvalue weighted by Gasteiger charge is -2.22. The fourth-order valence-electron chi connectivity index (χ4n) is 2.10. The van der Waals surface area contributed by atoms with Crippen molar-refractivity contribution in [2.75, 3.05) is 18.9 Å². The number of tetrazole rings is 1. The second-order valence-corrected chi connectivity index (χ2v) is 5.92. The Balaban J connectivity index is 2.43. The fourth-order valence-corrected chi connectivity index (χ4v) is 2.54. The molecule has 0 aliphatic heterocycles. The van der Waals surface area contributed by atoms with E-state index in [1.165, 1.54) is 0 Å². The number of anilines is 1. The number of benzene rings is 1. The molecule has 0 saturated heterocycles. The highest BCUT2D eigenvalue weighted by molar-refractivity contribution is 9.10. The highest BCUT2D eigenvalue weighted by atomic mass is 79.9. The number of hydrogen-bond donors (Lipinski definition) is 1. The molecule has 2 N–H and O–H groups in total. The van der Waals surface area contributed by atoms with E-state index >= 15 is 0 Å². The minimum absolute atomic E-state index is 0.0725. The lowest BCUT2D eigenvalue weighted by atomic mass is 10.0. The summed E-state index contributed by atoms with van der Waals surface area (Å²) in [5.41, 5.74) is 7.48. The molecule has 114 valence electrons. The highest BCUT2D eigenvalue weighted by Gasteiger charge is 2.23. The van der Waals surface area contributed by atoms with E-state index in [1.54, 1.807) is 0 Å². The first-order valence-corrected chi connectivity index (χ1v) is 7.75. The van der Waals surface area contributed by atoms with Crippen LogP contribution in [0.4, 0.5) is 5.69 Å². The van der Waals surface area contributed by atoms with Gasteiger partial charge in [-0.2, -0.15) is 0 Å². The first-order valence-electron chi connectivity index (χ1n) is 6.96. The molecule has 7 heteroatoms. The number of nitrogen functional groups attached to an aromatic ring is 1. The van der Waals surface area contributed by atoms with Crippen LogP contribution in [-0.2, 0) is 4.74 Å². The Morgan fingerprint density at radius 2 is 2.14 bits per heavy atom. The molecule has 1 atom stereocenters. The summed E-state index contributed by atoms with van der Waals surface area (Å²) < 4.78 is 8.20. The van der Waals surface area contributed by atoms with Gasteiger partial charge in [-0.1, -0.05) is 19.9 Å². The summed E-state index contributed by atoms with van der Waals surface area (Å²) in [6, 6.07) is 5.74. The Bertz CT molecular complexity index is 599. The number of nitrogens with two attached hydrogens (primary N) is 1. The quantitative estimate of drug-likeness (QED) is 0.807. The zero-order valence-electron chi connectivity index (χ0n) is 12.5. The van der Waals surface area contributed by atoms with E-state index < -0.39 is 0 Å². The van der Waals surface area contributed by atoms with Crippen molar-refractivity contribution in [3.05, 3.63) is 22.7 Å². The molecule has 1 unspecified atom stereocenters. The average Bonchev–Trinajstić information content (AvgIpc) is 2.91. The van der Waals surface area contributed by atoms with Crippen molar-refractivity contribution in [3.8, 4) is 11.4 Å². The van der Waals surface area contributed by atoms with Crippen LogP contribution in [0.1, 0.15) is 26.8 Å². The van der Waals surface area contributed by atoms with E-state index in [4.69, 9.17) is 10.5 Å². The van der Waals surface area contributed by atoms with Gasteiger partial charge in [0.25, 0.3) is 0 Å². The van der Waals surface area contributed by atoms with Gasteiger partial charge in [-0.3, -0.25) is 0 Å². The van der Waals surface area contributed by atoms with E-state index in [0.717, 1.165) is 10.0 Å². The molecule has 21 heavy (non-hydrogen) atoms. The van der Waals surface area contributed by atoms with Crippen LogP contribution in [-0.4, -0.2) is 33.4 Å². The van der Waals surface area contributed by atoms with Crippen molar-refractivity contribution < 1.29 is 4.74 Å². The normalized spacial score (nSPS) is 12.8. The molecule has 2 aromatic rings. The maximum Gasteiger partial charge on any atom is 0.183 e. The van der Waals surface area contributed by atoms with Crippen LogP contribution < -0.4 is 5.73 Å². The maximum atomic E-state index is 5.94. The summed E-state index contributed by atoms with van der Waals surface area (Å²) >= 11 is 3.51. The number of halogens is 1. The molecule has 0 bridgehead atoms. The van der Waals surface area contributed by atoms with Gasteiger partial charge in [0.1, 0.15) is 0 Å². The maximum absolute atomic E-state index is 5.94. The van der Waals surface area contributed by atoms with E-state index in [2.05, 4.69) is 45.3 Å². The zero-order chi connectivity index (χ0) is 15.4. The van der Waals surface area contributed by atoms with Crippen molar-refractivity contribution >= 4 is 21.6 Å². The topological polar surface area (TPSA) is 78.8 Å². The van der Waals surface area contributed by atoms with Gasteiger partial charge in [0.05, 0.1) is 17.1 Å². The minimum Gasteiger partial charge on any atom is -0.398 e. The Hall–Kier alpha value is -1.47. The van der Waals surface area contributed by atoms with E-state index in [1.807, 2.05) is 29.8 Å². The summed E-state index contributed by atoms with van der Waals surface area (Å²) in [5.74, 6) is 1.03. The molecule has 0 fully saturated rings. The SMILES string of the molecule is CCOCC(C(C)C)n1nnnc1-c1cccc(N)c1Br. The van der Waals surface area contributed by atoms with Gasteiger partial charge in [-0.15, -0.1) is 5.10 Å². The largest absolute Gasteiger partial charge is 0.398 e. The summed E-state index contributed by atoms with van der Waals surface area (Å²) in [7, 11) is 0. The Kier molecular flexibility index (Phi) is 5.30. The third-order valence-corrected chi connectivity index (χ3v) is 4.22. The Labute approximate surface area is 132 Å². The standard InChI is InChI=1S/C14H20BrN5O/c1-4-21-8-12(9(2)3)20-14(17-18-19-20)10-6-5-7-11(16)13(10)15/h5-7,9,12H,4,8,16H2,1-3H3. The van der Waals surface area contributed by atoms with Crippen LogP contribution in [0.25, 0.3) is 11.4 Å².